The normalized spacial score (nSPS) is 22.1. The number of benzene rings is 2. The van der Waals surface area contributed by atoms with Gasteiger partial charge in [-0.3, -0.25) is 9.59 Å². The molecular formula is C18H16F3N3O3. The van der Waals surface area contributed by atoms with E-state index in [-0.39, 0.29) is 16.9 Å². The van der Waals surface area contributed by atoms with E-state index in [0.29, 0.717) is 4.90 Å². The minimum absolute atomic E-state index is 0.0632. The zero-order chi connectivity index (χ0) is 19.8. The molecule has 0 spiro atoms. The van der Waals surface area contributed by atoms with Crippen molar-refractivity contribution in [3.05, 3.63) is 60.2 Å². The van der Waals surface area contributed by atoms with E-state index in [1.54, 1.807) is 6.07 Å². The summed E-state index contributed by atoms with van der Waals surface area (Å²) < 4.78 is 41.5. The lowest BCUT2D eigenvalue weighted by Crippen LogP contribution is -2.68. The van der Waals surface area contributed by atoms with Crippen LogP contribution in [-0.2, 0) is 4.79 Å². The van der Waals surface area contributed by atoms with Gasteiger partial charge in [-0.1, -0.05) is 30.3 Å². The summed E-state index contributed by atoms with van der Waals surface area (Å²) in [7, 11) is 1.04. The van der Waals surface area contributed by atoms with E-state index >= 15 is 0 Å². The van der Waals surface area contributed by atoms with Crippen LogP contribution in [0.1, 0.15) is 10.4 Å². The van der Waals surface area contributed by atoms with E-state index in [9.17, 15) is 27.9 Å². The standard InChI is InChI=1S/C18H16F3N3O3/c1-24(16(26)11-7-3-2-4-8-11)14-15(25)22-12-9-5-6-10-13(12)23-17(14,27)18(19,20)21/h2-10,14,23,27H,1H3,(H,22,25). The predicted molar refractivity (Wildman–Crippen MR) is 92.0 cm³/mol. The molecule has 3 rings (SSSR count). The molecule has 2 aromatic rings. The van der Waals surface area contributed by atoms with Crippen LogP contribution in [0.25, 0.3) is 0 Å². The number of nitrogens with one attached hydrogen (secondary N) is 2. The maximum Gasteiger partial charge on any atom is 0.439 e. The number of hydrogen-bond acceptors (Lipinski definition) is 4. The van der Waals surface area contributed by atoms with Crippen molar-refractivity contribution in [3.8, 4) is 0 Å². The summed E-state index contributed by atoms with van der Waals surface area (Å²) in [5.74, 6) is -2.01. The highest BCUT2D eigenvalue weighted by molar-refractivity contribution is 6.04. The van der Waals surface area contributed by atoms with Crippen LogP contribution in [0.15, 0.2) is 54.6 Å². The summed E-state index contributed by atoms with van der Waals surface area (Å²) in [4.78, 5) is 25.8. The lowest BCUT2D eigenvalue weighted by Gasteiger charge is -2.40. The Morgan fingerprint density at radius 2 is 1.63 bits per heavy atom. The number of anilines is 2. The van der Waals surface area contributed by atoms with Gasteiger partial charge in [0.25, 0.3) is 17.5 Å². The average molecular weight is 379 g/mol. The minimum atomic E-state index is -5.25. The van der Waals surface area contributed by atoms with E-state index in [2.05, 4.69) is 5.32 Å². The summed E-state index contributed by atoms with van der Waals surface area (Å²) in [6.07, 6.45) is -5.25. The van der Waals surface area contributed by atoms with Crippen molar-refractivity contribution in [1.82, 2.24) is 4.90 Å². The third-order valence-electron chi connectivity index (χ3n) is 4.31. The van der Waals surface area contributed by atoms with Crippen LogP contribution in [0, 0.1) is 0 Å². The Labute approximate surface area is 152 Å². The Balaban J connectivity index is 2.08. The Morgan fingerprint density at radius 1 is 1.07 bits per heavy atom. The van der Waals surface area contributed by atoms with Crippen LogP contribution in [0.3, 0.4) is 0 Å². The molecule has 27 heavy (non-hydrogen) atoms. The molecule has 1 aliphatic rings. The number of halogens is 3. The van der Waals surface area contributed by atoms with Crippen molar-refractivity contribution in [2.45, 2.75) is 17.9 Å². The molecule has 0 saturated carbocycles. The smallest absolute Gasteiger partial charge is 0.362 e. The Kier molecular flexibility index (Phi) is 4.56. The molecule has 0 aliphatic carbocycles. The third-order valence-corrected chi connectivity index (χ3v) is 4.31. The number of alkyl halides is 3. The quantitative estimate of drug-likeness (QED) is 0.749. The van der Waals surface area contributed by atoms with Crippen molar-refractivity contribution in [2.75, 3.05) is 17.7 Å². The molecule has 2 amide bonds. The maximum atomic E-state index is 13.8. The molecule has 0 aromatic heterocycles. The first-order valence-corrected chi connectivity index (χ1v) is 7.94. The Morgan fingerprint density at radius 3 is 2.22 bits per heavy atom. The second-order valence-corrected chi connectivity index (χ2v) is 6.11. The van der Waals surface area contributed by atoms with Gasteiger partial charge in [0.05, 0.1) is 11.4 Å². The van der Waals surface area contributed by atoms with Crippen LogP contribution < -0.4 is 10.6 Å². The second kappa shape index (κ2) is 6.58. The van der Waals surface area contributed by atoms with Gasteiger partial charge in [-0.2, -0.15) is 13.2 Å². The summed E-state index contributed by atoms with van der Waals surface area (Å²) in [6.45, 7) is 0. The van der Waals surface area contributed by atoms with Gasteiger partial charge in [0.1, 0.15) is 0 Å². The number of likely N-dealkylation sites (N-methyl/N-ethyl adjacent to an activating group) is 1. The SMILES string of the molecule is CN(C(=O)c1ccccc1)C1C(=O)Nc2ccccc2NC1(O)C(F)(F)F. The first-order valence-electron chi connectivity index (χ1n) is 7.94. The molecule has 1 aliphatic heterocycles. The van der Waals surface area contributed by atoms with Crippen molar-refractivity contribution >= 4 is 23.2 Å². The van der Waals surface area contributed by atoms with Gasteiger partial charge in [-0.05, 0) is 24.3 Å². The lowest BCUT2D eigenvalue weighted by molar-refractivity contribution is -0.261. The Hall–Kier alpha value is -3.07. The zero-order valence-electron chi connectivity index (χ0n) is 14.1. The van der Waals surface area contributed by atoms with E-state index in [1.165, 1.54) is 48.5 Å². The summed E-state index contributed by atoms with van der Waals surface area (Å²) in [5, 5.41) is 14.9. The number of rotatable bonds is 2. The molecule has 2 atom stereocenters. The van der Waals surface area contributed by atoms with E-state index in [4.69, 9.17) is 0 Å². The second-order valence-electron chi connectivity index (χ2n) is 6.11. The maximum absolute atomic E-state index is 13.8. The summed E-state index contributed by atoms with van der Waals surface area (Å²) >= 11 is 0. The molecule has 0 radical (unpaired) electrons. The highest BCUT2D eigenvalue weighted by Crippen LogP contribution is 2.40. The van der Waals surface area contributed by atoms with Crippen LogP contribution in [0.5, 0.6) is 0 Å². The fourth-order valence-corrected chi connectivity index (χ4v) is 2.95. The van der Waals surface area contributed by atoms with Gasteiger partial charge in [0, 0.05) is 12.6 Å². The van der Waals surface area contributed by atoms with Gasteiger partial charge >= 0.3 is 6.18 Å². The fraction of sp³-hybridized carbons (Fsp3) is 0.222. The molecule has 0 bridgehead atoms. The molecule has 3 N–H and O–H groups in total. The summed E-state index contributed by atoms with van der Waals surface area (Å²) in [5.41, 5.74) is -3.66. The van der Waals surface area contributed by atoms with Gasteiger partial charge in [-0.15, -0.1) is 0 Å². The molecule has 9 heteroatoms. The molecule has 1 heterocycles. The molecule has 2 aromatic carbocycles. The van der Waals surface area contributed by atoms with E-state index in [1.807, 2.05) is 5.32 Å². The lowest BCUT2D eigenvalue weighted by atomic mass is 9.99. The minimum Gasteiger partial charge on any atom is -0.362 e. The fourth-order valence-electron chi connectivity index (χ4n) is 2.95. The highest BCUT2D eigenvalue weighted by atomic mass is 19.4. The number of hydrogen-bond donors (Lipinski definition) is 3. The third kappa shape index (κ3) is 3.21. The van der Waals surface area contributed by atoms with Gasteiger partial charge in [0.2, 0.25) is 0 Å². The van der Waals surface area contributed by atoms with Crippen molar-refractivity contribution in [1.29, 1.82) is 0 Å². The number of carbonyl (C=O) groups is 2. The van der Waals surface area contributed by atoms with Gasteiger partial charge in [-0.25, -0.2) is 0 Å². The molecule has 0 saturated heterocycles. The predicted octanol–water partition coefficient (Wildman–Crippen LogP) is 2.44. The largest absolute Gasteiger partial charge is 0.439 e. The molecule has 142 valence electrons. The van der Waals surface area contributed by atoms with Crippen LogP contribution in [-0.4, -0.2) is 46.8 Å². The first kappa shape index (κ1) is 18.7. The van der Waals surface area contributed by atoms with Crippen LogP contribution >= 0.6 is 0 Å². The molecule has 6 nitrogen and oxygen atoms in total. The number of aliphatic hydroxyl groups is 1. The van der Waals surface area contributed by atoms with Crippen molar-refractivity contribution in [2.24, 2.45) is 0 Å². The topological polar surface area (TPSA) is 81.7 Å². The first-order chi connectivity index (χ1) is 12.6. The Bertz CT molecular complexity index is 873. The van der Waals surface area contributed by atoms with Gasteiger partial charge in [0.15, 0.2) is 6.04 Å². The number of carbonyl (C=O) groups excluding carboxylic acids is 2. The highest BCUT2D eigenvalue weighted by Gasteiger charge is 2.64. The van der Waals surface area contributed by atoms with Crippen molar-refractivity contribution < 1.29 is 27.9 Å². The number of fused-ring (bicyclic) bond motifs is 1. The molecule has 0 fully saturated rings. The van der Waals surface area contributed by atoms with Crippen LogP contribution in [0.4, 0.5) is 24.5 Å². The van der Waals surface area contributed by atoms with Gasteiger partial charge < -0.3 is 20.6 Å². The van der Waals surface area contributed by atoms with Crippen LogP contribution in [0.2, 0.25) is 0 Å². The number of para-hydroxylation sites is 2. The summed E-state index contributed by atoms with van der Waals surface area (Å²) in [6, 6.07) is 10.9. The van der Waals surface area contributed by atoms with E-state index in [0.717, 1.165) is 7.05 Å². The van der Waals surface area contributed by atoms with Crippen molar-refractivity contribution in [3.63, 3.8) is 0 Å². The van der Waals surface area contributed by atoms with E-state index < -0.39 is 29.8 Å². The number of amides is 2. The number of nitrogens with zero attached hydrogens (tertiary/aromatic N) is 1. The zero-order valence-corrected chi connectivity index (χ0v) is 14.1. The average Bonchev–Trinajstić information content (AvgIpc) is 2.74. The monoisotopic (exact) mass is 379 g/mol. The molecule has 2 unspecified atom stereocenters. The molecular weight excluding hydrogens is 363 g/mol.